The van der Waals surface area contributed by atoms with E-state index < -0.39 is 29.7 Å². The van der Waals surface area contributed by atoms with Gasteiger partial charge in [0.1, 0.15) is 0 Å². The fraction of sp³-hybridized carbons (Fsp3) is 1.00. The first-order valence-electron chi connectivity index (χ1n) is 1.98. The van der Waals surface area contributed by atoms with E-state index in [1.165, 1.54) is 0 Å². The molecule has 5 heteroatoms. The molecular formula is C3H6F2O2S. The molecule has 0 heterocycles. The van der Waals surface area contributed by atoms with E-state index in [9.17, 15) is 13.0 Å². The maximum atomic E-state index is 11.7. The van der Waals surface area contributed by atoms with Crippen LogP contribution in [0.1, 0.15) is 6.42 Å². The fourth-order valence-electron chi connectivity index (χ4n) is 0.187. The van der Waals surface area contributed by atoms with Crippen molar-refractivity contribution < 1.29 is 17.5 Å². The quantitative estimate of drug-likeness (QED) is 0.596. The highest BCUT2D eigenvalue weighted by molar-refractivity contribution is 7.79. The first kappa shape index (κ1) is 7.97. The third kappa shape index (κ3) is 3.04. The molecule has 50 valence electrons. The van der Waals surface area contributed by atoms with Gasteiger partial charge in [-0.3, -0.25) is 4.39 Å². The molecular weight excluding hydrogens is 138 g/mol. The molecule has 0 aliphatic rings. The van der Waals surface area contributed by atoms with Gasteiger partial charge in [-0.2, -0.15) is 0 Å². The van der Waals surface area contributed by atoms with Crippen LogP contribution < -0.4 is 0 Å². The number of rotatable bonds is 3. The van der Waals surface area contributed by atoms with Crippen LogP contribution in [0.15, 0.2) is 0 Å². The zero-order chi connectivity index (χ0) is 6.57. The summed E-state index contributed by atoms with van der Waals surface area (Å²) in [6, 6.07) is 0. The van der Waals surface area contributed by atoms with Gasteiger partial charge < -0.3 is 4.55 Å². The van der Waals surface area contributed by atoms with E-state index in [1.54, 1.807) is 0 Å². The molecule has 0 aromatic carbocycles. The van der Waals surface area contributed by atoms with Gasteiger partial charge in [0.15, 0.2) is 11.1 Å². The molecule has 0 saturated heterocycles. The SMILES string of the molecule is O=S(O)C(F)CCF. The molecule has 0 radical (unpaired) electrons. The minimum atomic E-state index is -2.52. The topological polar surface area (TPSA) is 37.3 Å². The molecule has 0 aliphatic carbocycles. The van der Waals surface area contributed by atoms with E-state index in [-0.39, 0.29) is 0 Å². The van der Waals surface area contributed by atoms with Gasteiger partial charge in [-0.05, 0) is 0 Å². The van der Waals surface area contributed by atoms with Crippen LogP contribution in [-0.2, 0) is 11.1 Å². The molecule has 0 spiro atoms. The smallest absolute Gasteiger partial charge is 0.202 e. The highest BCUT2D eigenvalue weighted by Gasteiger charge is 2.10. The molecule has 0 aromatic rings. The summed E-state index contributed by atoms with van der Waals surface area (Å²) < 4.78 is 40.4. The summed E-state index contributed by atoms with van der Waals surface area (Å²) in [6.07, 6.45) is -0.497. The van der Waals surface area contributed by atoms with Crippen LogP contribution in [0.5, 0.6) is 0 Å². The van der Waals surface area contributed by atoms with Crippen LogP contribution in [0.3, 0.4) is 0 Å². The Morgan fingerprint density at radius 3 is 2.38 bits per heavy atom. The summed E-state index contributed by atoms with van der Waals surface area (Å²) in [7, 11) is 0. The molecule has 0 aliphatic heterocycles. The van der Waals surface area contributed by atoms with Crippen molar-refractivity contribution >= 4 is 11.1 Å². The van der Waals surface area contributed by atoms with Gasteiger partial charge in [-0.15, -0.1) is 0 Å². The summed E-state index contributed by atoms with van der Waals surface area (Å²) >= 11 is -2.52. The standard InChI is InChI=1S/C3H6F2O2S/c4-2-1-3(5)8(6)7/h3H,1-2H2,(H,6,7). The van der Waals surface area contributed by atoms with Crippen molar-refractivity contribution in [1.82, 2.24) is 0 Å². The van der Waals surface area contributed by atoms with Gasteiger partial charge in [0.2, 0.25) is 5.50 Å². The Bertz CT molecular complexity index is 87.4. The second-order valence-electron chi connectivity index (χ2n) is 1.16. The number of alkyl halides is 2. The van der Waals surface area contributed by atoms with Crippen molar-refractivity contribution in [2.24, 2.45) is 0 Å². The van der Waals surface area contributed by atoms with E-state index in [1.807, 2.05) is 0 Å². The van der Waals surface area contributed by atoms with Crippen LogP contribution in [-0.4, -0.2) is 20.9 Å². The summed E-state index contributed by atoms with van der Waals surface area (Å²) in [6.45, 7) is -0.895. The molecule has 0 saturated carbocycles. The zero-order valence-electron chi connectivity index (χ0n) is 4.01. The zero-order valence-corrected chi connectivity index (χ0v) is 4.83. The Morgan fingerprint density at radius 2 is 2.25 bits per heavy atom. The lowest BCUT2D eigenvalue weighted by Gasteiger charge is -1.95. The monoisotopic (exact) mass is 144 g/mol. The van der Waals surface area contributed by atoms with E-state index >= 15 is 0 Å². The number of hydrogen-bond donors (Lipinski definition) is 1. The van der Waals surface area contributed by atoms with E-state index in [2.05, 4.69) is 0 Å². The maximum Gasteiger partial charge on any atom is 0.202 e. The Hall–Kier alpha value is -0.0300. The van der Waals surface area contributed by atoms with Gasteiger partial charge in [-0.25, -0.2) is 8.60 Å². The normalized spacial score (nSPS) is 17.9. The van der Waals surface area contributed by atoms with Crippen molar-refractivity contribution in [3.8, 4) is 0 Å². The third-order valence-corrected chi connectivity index (χ3v) is 1.23. The Balaban J connectivity index is 3.32. The predicted molar refractivity (Wildman–Crippen MR) is 26.3 cm³/mol. The molecule has 0 bridgehead atoms. The Morgan fingerprint density at radius 1 is 1.75 bits per heavy atom. The third-order valence-electron chi connectivity index (χ3n) is 0.555. The Kier molecular flexibility index (Phi) is 3.90. The highest BCUT2D eigenvalue weighted by atomic mass is 32.2. The average Bonchev–Trinajstić information content (AvgIpc) is 1.67. The highest BCUT2D eigenvalue weighted by Crippen LogP contribution is 2.00. The maximum absolute atomic E-state index is 11.7. The van der Waals surface area contributed by atoms with Gasteiger partial charge in [-0.1, -0.05) is 0 Å². The molecule has 0 rings (SSSR count). The minimum Gasteiger partial charge on any atom is -0.304 e. The summed E-state index contributed by atoms with van der Waals surface area (Å²) in [5.41, 5.74) is -1.93. The Labute approximate surface area is 48.2 Å². The lowest BCUT2D eigenvalue weighted by Crippen LogP contribution is -2.07. The molecule has 0 fully saturated rings. The lowest BCUT2D eigenvalue weighted by atomic mass is 10.5. The van der Waals surface area contributed by atoms with Crippen molar-refractivity contribution in [3.63, 3.8) is 0 Å². The van der Waals surface area contributed by atoms with Crippen molar-refractivity contribution in [1.29, 1.82) is 0 Å². The molecule has 2 nitrogen and oxygen atoms in total. The van der Waals surface area contributed by atoms with Crippen molar-refractivity contribution in [2.75, 3.05) is 6.67 Å². The second kappa shape index (κ2) is 3.91. The van der Waals surface area contributed by atoms with E-state index in [4.69, 9.17) is 4.55 Å². The molecule has 2 atom stereocenters. The van der Waals surface area contributed by atoms with Crippen LogP contribution in [0.25, 0.3) is 0 Å². The van der Waals surface area contributed by atoms with Crippen LogP contribution in [0, 0.1) is 0 Å². The molecule has 8 heavy (non-hydrogen) atoms. The number of hydrogen-bond acceptors (Lipinski definition) is 1. The lowest BCUT2D eigenvalue weighted by molar-refractivity contribution is 0.347. The fourth-order valence-corrected chi connectivity index (χ4v) is 0.477. The molecule has 0 amide bonds. The van der Waals surface area contributed by atoms with Gasteiger partial charge in [0, 0.05) is 6.42 Å². The van der Waals surface area contributed by atoms with Gasteiger partial charge in [0.25, 0.3) is 0 Å². The summed E-state index contributed by atoms with van der Waals surface area (Å²) in [5.74, 6) is 0. The number of halogens is 2. The van der Waals surface area contributed by atoms with Gasteiger partial charge >= 0.3 is 0 Å². The average molecular weight is 144 g/mol. The minimum absolute atomic E-state index is 0.497. The second-order valence-corrected chi connectivity index (χ2v) is 2.23. The summed E-state index contributed by atoms with van der Waals surface area (Å²) in [4.78, 5) is 0. The van der Waals surface area contributed by atoms with E-state index in [0.717, 1.165) is 0 Å². The molecule has 0 aromatic heterocycles. The largest absolute Gasteiger partial charge is 0.304 e. The summed E-state index contributed by atoms with van der Waals surface area (Å²) in [5, 5.41) is 0. The van der Waals surface area contributed by atoms with Crippen LogP contribution >= 0.6 is 0 Å². The van der Waals surface area contributed by atoms with Crippen LogP contribution in [0.4, 0.5) is 8.78 Å². The van der Waals surface area contributed by atoms with Crippen LogP contribution in [0.2, 0.25) is 0 Å². The first-order valence-corrected chi connectivity index (χ1v) is 3.15. The molecule has 2 unspecified atom stereocenters. The van der Waals surface area contributed by atoms with Crippen molar-refractivity contribution in [2.45, 2.75) is 11.9 Å². The molecule has 1 N–H and O–H groups in total. The van der Waals surface area contributed by atoms with E-state index in [0.29, 0.717) is 0 Å². The van der Waals surface area contributed by atoms with Gasteiger partial charge in [0.05, 0.1) is 6.67 Å². The predicted octanol–water partition coefficient (Wildman–Crippen LogP) is 0.863. The first-order chi connectivity index (χ1) is 3.68. The van der Waals surface area contributed by atoms with Crippen molar-refractivity contribution in [3.05, 3.63) is 0 Å².